The zero-order valence-corrected chi connectivity index (χ0v) is 20.1. The number of phenolic OH excluding ortho intramolecular Hbond substituents is 1. The molecule has 1 aromatic heterocycles. The normalized spacial score (nSPS) is 17.2. The Kier molecular flexibility index (Phi) is 6.33. The molecule has 2 atom stereocenters. The van der Waals surface area contributed by atoms with E-state index in [9.17, 15) is 14.7 Å². The summed E-state index contributed by atoms with van der Waals surface area (Å²) in [6.07, 6.45) is 0.600. The van der Waals surface area contributed by atoms with Gasteiger partial charge < -0.3 is 19.1 Å². The fourth-order valence-electron chi connectivity index (χ4n) is 4.82. The Morgan fingerprint density at radius 1 is 1.06 bits per heavy atom. The van der Waals surface area contributed by atoms with Crippen molar-refractivity contribution in [3.63, 3.8) is 0 Å². The number of imidazole rings is 1. The lowest BCUT2D eigenvalue weighted by Crippen LogP contribution is -2.50. The minimum absolute atomic E-state index is 0.0312. The number of methoxy groups -OCH3 is 1. The van der Waals surface area contributed by atoms with E-state index in [1.54, 1.807) is 24.0 Å². The molecule has 0 fully saturated rings. The molecular weight excluding hydrogens is 458 g/mol. The molecule has 8 nitrogen and oxygen atoms in total. The van der Waals surface area contributed by atoms with Crippen LogP contribution in [-0.2, 0) is 20.7 Å². The summed E-state index contributed by atoms with van der Waals surface area (Å²) < 4.78 is 12.6. The smallest absolute Gasteiger partial charge is 0.321 e. The molecule has 1 aliphatic rings. The largest absolute Gasteiger partial charge is 0.504 e. The monoisotopic (exact) mass is 485 g/mol. The second-order valence-corrected chi connectivity index (χ2v) is 8.60. The van der Waals surface area contributed by atoms with E-state index in [1.165, 1.54) is 13.2 Å². The summed E-state index contributed by atoms with van der Waals surface area (Å²) in [4.78, 5) is 33.7. The highest BCUT2D eigenvalue weighted by Crippen LogP contribution is 2.43. The number of aromatic nitrogens is 2. The van der Waals surface area contributed by atoms with Crippen molar-refractivity contribution in [1.82, 2.24) is 9.55 Å². The number of carbonyl (C=O) groups excluding carboxylic acids is 2. The van der Waals surface area contributed by atoms with E-state index < -0.39 is 17.9 Å². The van der Waals surface area contributed by atoms with E-state index in [-0.39, 0.29) is 24.0 Å². The molecule has 0 unspecified atom stereocenters. The van der Waals surface area contributed by atoms with Crippen LogP contribution in [0.3, 0.4) is 0 Å². The topological polar surface area (TPSA) is 93.9 Å². The summed E-state index contributed by atoms with van der Waals surface area (Å²) in [5.74, 6) is -1.43. The van der Waals surface area contributed by atoms with Gasteiger partial charge in [0.25, 0.3) is 0 Å². The van der Waals surface area contributed by atoms with Crippen LogP contribution in [0, 0.1) is 5.92 Å². The van der Waals surface area contributed by atoms with E-state index in [2.05, 4.69) is 0 Å². The van der Waals surface area contributed by atoms with Crippen molar-refractivity contribution in [2.75, 3.05) is 25.2 Å². The van der Waals surface area contributed by atoms with Crippen LogP contribution >= 0.6 is 0 Å². The van der Waals surface area contributed by atoms with Gasteiger partial charge in [-0.25, -0.2) is 4.98 Å². The van der Waals surface area contributed by atoms with Crippen LogP contribution in [0.25, 0.3) is 11.0 Å². The first-order valence-electron chi connectivity index (χ1n) is 11.9. The van der Waals surface area contributed by atoms with Gasteiger partial charge in [-0.2, -0.15) is 0 Å². The maximum absolute atomic E-state index is 14.0. The van der Waals surface area contributed by atoms with Gasteiger partial charge in [0, 0.05) is 6.54 Å². The lowest BCUT2D eigenvalue weighted by Gasteiger charge is -2.38. The predicted octanol–water partition coefficient (Wildman–Crippen LogP) is 4.11. The first-order chi connectivity index (χ1) is 17.5. The highest BCUT2D eigenvalue weighted by atomic mass is 16.5. The molecule has 0 saturated carbocycles. The van der Waals surface area contributed by atoms with Gasteiger partial charge in [0.05, 0.1) is 30.8 Å². The van der Waals surface area contributed by atoms with Crippen molar-refractivity contribution in [1.29, 1.82) is 0 Å². The fraction of sp³-hybridized carbons (Fsp3) is 0.250. The molecule has 3 aromatic carbocycles. The summed E-state index contributed by atoms with van der Waals surface area (Å²) in [6, 6.07) is 21.6. The van der Waals surface area contributed by atoms with Crippen molar-refractivity contribution in [2.45, 2.75) is 19.4 Å². The van der Waals surface area contributed by atoms with Gasteiger partial charge in [-0.05, 0) is 48.7 Å². The molecule has 0 radical (unpaired) electrons. The lowest BCUT2D eigenvalue weighted by molar-refractivity contribution is -0.153. The average molecular weight is 486 g/mol. The molecule has 0 spiro atoms. The third-order valence-electron chi connectivity index (χ3n) is 6.50. The number of esters is 1. The van der Waals surface area contributed by atoms with Crippen LogP contribution in [0.4, 0.5) is 5.95 Å². The molecule has 0 bridgehead atoms. The van der Waals surface area contributed by atoms with Gasteiger partial charge in [0.1, 0.15) is 0 Å². The number of benzene rings is 3. The number of fused-ring (bicyclic) bond motifs is 3. The number of aromatic hydroxyl groups is 1. The molecule has 0 aliphatic carbocycles. The summed E-state index contributed by atoms with van der Waals surface area (Å²) in [5, 5.41) is 10.2. The van der Waals surface area contributed by atoms with E-state index in [4.69, 9.17) is 14.5 Å². The van der Waals surface area contributed by atoms with Crippen molar-refractivity contribution >= 4 is 28.9 Å². The van der Waals surface area contributed by atoms with E-state index >= 15 is 0 Å². The standard InChI is InChI=1S/C28H27N3O5/c1-3-36-27(34)24-25(19-13-14-22(32)23(17-19)35-2)31-21-12-8-7-11-20(21)29-28(31)30(26(24)33)16-15-18-9-5-4-6-10-18/h4-14,17,24-25,32H,3,15-16H2,1-2H3/t24-,25-/m0/s1. The van der Waals surface area contributed by atoms with Crippen molar-refractivity contribution in [3.8, 4) is 11.5 Å². The Morgan fingerprint density at radius 2 is 1.81 bits per heavy atom. The van der Waals surface area contributed by atoms with Gasteiger partial charge in [-0.1, -0.05) is 48.5 Å². The second kappa shape index (κ2) is 9.73. The Balaban J connectivity index is 1.70. The minimum Gasteiger partial charge on any atom is -0.504 e. The first-order valence-corrected chi connectivity index (χ1v) is 11.9. The van der Waals surface area contributed by atoms with Crippen LogP contribution < -0.4 is 9.64 Å². The molecule has 36 heavy (non-hydrogen) atoms. The molecule has 1 aliphatic heterocycles. The number of phenols is 1. The molecule has 5 rings (SSSR count). The number of para-hydroxylation sites is 2. The Labute approximate surface area is 208 Å². The fourth-order valence-corrected chi connectivity index (χ4v) is 4.82. The van der Waals surface area contributed by atoms with Crippen molar-refractivity contribution in [2.24, 2.45) is 5.92 Å². The molecule has 184 valence electrons. The molecule has 0 saturated heterocycles. The zero-order chi connectivity index (χ0) is 25.2. The number of rotatable bonds is 7. The second-order valence-electron chi connectivity index (χ2n) is 8.60. The van der Waals surface area contributed by atoms with E-state index in [1.807, 2.05) is 59.2 Å². The van der Waals surface area contributed by atoms with Crippen LogP contribution in [0.15, 0.2) is 72.8 Å². The molecule has 4 aromatic rings. The number of anilines is 1. The number of ether oxygens (including phenoxy) is 2. The first kappa shape index (κ1) is 23.4. The number of nitrogens with zero attached hydrogens (tertiary/aromatic N) is 3. The SMILES string of the molecule is CCOC(=O)[C@@H]1C(=O)N(CCc2ccccc2)c2nc3ccccc3n2[C@H]1c1ccc(O)c(OC)c1. The van der Waals surface area contributed by atoms with Gasteiger partial charge in [-0.15, -0.1) is 0 Å². The summed E-state index contributed by atoms with van der Waals surface area (Å²) in [7, 11) is 1.46. The minimum atomic E-state index is -1.14. The molecular formula is C28H27N3O5. The van der Waals surface area contributed by atoms with Crippen molar-refractivity contribution < 1.29 is 24.2 Å². The number of hydrogen-bond acceptors (Lipinski definition) is 6. The van der Waals surface area contributed by atoms with Crippen LogP contribution in [0.5, 0.6) is 11.5 Å². The maximum atomic E-state index is 14.0. The maximum Gasteiger partial charge on any atom is 0.321 e. The molecule has 8 heteroatoms. The van der Waals surface area contributed by atoms with E-state index in [0.29, 0.717) is 30.0 Å². The summed E-state index contributed by atoms with van der Waals surface area (Å²) in [5.41, 5.74) is 3.20. The Morgan fingerprint density at radius 3 is 2.56 bits per heavy atom. The average Bonchev–Trinajstić information content (AvgIpc) is 3.28. The highest BCUT2D eigenvalue weighted by Gasteiger charge is 2.47. The molecule has 1 amide bonds. The van der Waals surface area contributed by atoms with Gasteiger partial charge in [0.2, 0.25) is 11.9 Å². The third-order valence-corrected chi connectivity index (χ3v) is 6.50. The lowest BCUT2D eigenvalue weighted by atomic mass is 9.89. The molecule has 2 heterocycles. The van der Waals surface area contributed by atoms with Crippen LogP contribution in [0.1, 0.15) is 24.1 Å². The zero-order valence-electron chi connectivity index (χ0n) is 20.1. The quantitative estimate of drug-likeness (QED) is 0.313. The molecule has 1 N–H and O–H groups in total. The van der Waals surface area contributed by atoms with Gasteiger partial charge in [0.15, 0.2) is 17.4 Å². The Hall–Kier alpha value is -4.33. The summed E-state index contributed by atoms with van der Waals surface area (Å²) >= 11 is 0. The van der Waals surface area contributed by atoms with Gasteiger partial charge in [-0.3, -0.25) is 14.5 Å². The predicted molar refractivity (Wildman–Crippen MR) is 135 cm³/mol. The number of carbonyl (C=O) groups is 2. The number of amides is 1. The van der Waals surface area contributed by atoms with Gasteiger partial charge >= 0.3 is 5.97 Å². The van der Waals surface area contributed by atoms with E-state index in [0.717, 1.165) is 11.1 Å². The van der Waals surface area contributed by atoms with Crippen LogP contribution in [-0.4, -0.2) is 46.8 Å². The highest BCUT2D eigenvalue weighted by molar-refractivity contribution is 6.08. The van der Waals surface area contributed by atoms with Crippen molar-refractivity contribution in [3.05, 3.63) is 83.9 Å². The number of hydrogen-bond donors (Lipinski definition) is 1. The Bertz CT molecular complexity index is 1420. The third kappa shape index (κ3) is 4.04. The van der Waals surface area contributed by atoms with Crippen LogP contribution in [0.2, 0.25) is 0 Å². The summed E-state index contributed by atoms with van der Waals surface area (Å²) in [6.45, 7) is 2.22.